The average molecular weight is 422 g/mol. The SMILES string of the molecule is CC(c1ccccc1)(c1ccccc1)C(COB(O)O)(c1ccccc1)c1ccccc1. The second-order valence-electron chi connectivity index (χ2n) is 8.13. The molecule has 0 bridgehead atoms. The van der Waals surface area contributed by atoms with Gasteiger partial charge in [0.1, 0.15) is 0 Å². The first-order valence-electron chi connectivity index (χ1n) is 10.8. The Hall–Kier alpha value is -3.18. The molecule has 0 saturated carbocycles. The zero-order valence-corrected chi connectivity index (χ0v) is 18.1. The highest BCUT2D eigenvalue weighted by atomic mass is 16.6. The van der Waals surface area contributed by atoms with Crippen LogP contribution in [0.15, 0.2) is 121 Å². The quantitative estimate of drug-likeness (QED) is 0.395. The fourth-order valence-corrected chi connectivity index (χ4v) is 4.90. The van der Waals surface area contributed by atoms with E-state index in [0.717, 1.165) is 22.3 Å². The molecule has 4 heteroatoms. The Morgan fingerprint density at radius 3 is 1.19 bits per heavy atom. The summed E-state index contributed by atoms with van der Waals surface area (Å²) < 4.78 is 5.62. The first kappa shape index (κ1) is 22.0. The van der Waals surface area contributed by atoms with Crippen molar-refractivity contribution in [3.05, 3.63) is 144 Å². The van der Waals surface area contributed by atoms with Crippen LogP contribution in [0.25, 0.3) is 0 Å². The summed E-state index contributed by atoms with van der Waals surface area (Å²) in [6.45, 7) is 2.28. The van der Waals surface area contributed by atoms with Gasteiger partial charge in [-0.2, -0.15) is 0 Å². The average Bonchev–Trinajstić information content (AvgIpc) is 2.86. The number of hydrogen-bond donors (Lipinski definition) is 2. The lowest BCUT2D eigenvalue weighted by atomic mass is 9.52. The smallest absolute Gasteiger partial charge is 0.402 e. The van der Waals surface area contributed by atoms with Gasteiger partial charge in [0.2, 0.25) is 0 Å². The molecule has 0 fully saturated rings. The van der Waals surface area contributed by atoms with Gasteiger partial charge >= 0.3 is 7.32 Å². The van der Waals surface area contributed by atoms with E-state index in [1.54, 1.807) is 0 Å². The Morgan fingerprint density at radius 2 is 0.875 bits per heavy atom. The zero-order chi connectivity index (χ0) is 22.4. The second-order valence-corrected chi connectivity index (χ2v) is 8.13. The van der Waals surface area contributed by atoms with Gasteiger partial charge in [-0.25, -0.2) is 0 Å². The van der Waals surface area contributed by atoms with Crippen molar-refractivity contribution in [2.75, 3.05) is 6.61 Å². The van der Waals surface area contributed by atoms with E-state index in [1.807, 2.05) is 72.8 Å². The van der Waals surface area contributed by atoms with E-state index in [1.165, 1.54) is 0 Å². The maximum Gasteiger partial charge on any atom is 0.633 e. The first-order valence-corrected chi connectivity index (χ1v) is 10.8. The molecule has 2 N–H and O–H groups in total. The van der Waals surface area contributed by atoms with Crippen LogP contribution in [0, 0.1) is 0 Å². The minimum absolute atomic E-state index is 0.0684. The number of rotatable bonds is 8. The summed E-state index contributed by atoms with van der Waals surface area (Å²) in [6, 6.07) is 41.1. The van der Waals surface area contributed by atoms with E-state index in [0.29, 0.717) is 0 Å². The predicted octanol–water partition coefficient (Wildman–Crippen LogP) is 4.97. The molecule has 160 valence electrons. The molecule has 4 aromatic rings. The van der Waals surface area contributed by atoms with Gasteiger partial charge in [-0.1, -0.05) is 128 Å². The molecular weight excluding hydrogens is 395 g/mol. The molecule has 4 aromatic carbocycles. The monoisotopic (exact) mass is 422 g/mol. The topological polar surface area (TPSA) is 49.7 Å². The van der Waals surface area contributed by atoms with Crippen LogP contribution in [0.2, 0.25) is 0 Å². The highest BCUT2D eigenvalue weighted by molar-refractivity contribution is 6.32. The van der Waals surface area contributed by atoms with Crippen LogP contribution in [0.5, 0.6) is 0 Å². The summed E-state index contributed by atoms with van der Waals surface area (Å²) >= 11 is 0. The number of hydrogen-bond acceptors (Lipinski definition) is 3. The Bertz CT molecular complexity index is 1020. The number of benzene rings is 4. The molecule has 0 radical (unpaired) electrons. The van der Waals surface area contributed by atoms with Crippen LogP contribution in [0.4, 0.5) is 0 Å². The fourth-order valence-electron chi connectivity index (χ4n) is 4.90. The van der Waals surface area contributed by atoms with Crippen molar-refractivity contribution in [3.63, 3.8) is 0 Å². The summed E-state index contributed by atoms with van der Waals surface area (Å²) in [5, 5.41) is 19.5. The van der Waals surface area contributed by atoms with Crippen molar-refractivity contribution < 1.29 is 14.7 Å². The molecule has 0 aliphatic carbocycles. The molecule has 0 atom stereocenters. The van der Waals surface area contributed by atoms with E-state index >= 15 is 0 Å². The molecule has 0 heterocycles. The standard InChI is InChI=1S/C28H27BO3/c1-27(23-14-6-2-7-15-23,24-16-8-3-9-17-24)28(22-32-29(30)31,25-18-10-4-11-19-25)26-20-12-5-13-21-26/h2-21,30-31H,22H2,1H3. The fraction of sp³-hybridized carbons (Fsp3) is 0.143. The van der Waals surface area contributed by atoms with Crippen molar-refractivity contribution in [3.8, 4) is 0 Å². The lowest BCUT2D eigenvalue weighted by molar-refractivity contribution is 0.125. The van der Waals surface area contributed by atoms with Crippen LogP contribution in [0.1, 0.15) is 29.2 Å². The highest BCUT2D eigenvalue weighted by Crippen LogP contribution is 2.53. The molecule has 0 spiro atoms. The van der Waals surface area contributed by atoms with Gasteiger partial charge < -0.3 is 14.7 Å². The van der Waals surface area contributed by atoms with Gasteiger partial charge in [-0.15, -0.1) is 0 Å². The van der Waals surface area contributed by atoms with Gasteiger partial charge in [0, 0.05) is 12.0 Å². The van der Waals surface area contributed by atoms with Crippen LogP contribution < -0.4 is 0 Å². The Morgan fingerprint density at radius 1 is 0.562 bits per heavy atom. The molecule has 0 unspecified atom stereocenters. The minimum atomic E-state index is -1.88. The molecule has 4 rings (SSSR count). The molecule has 0 aliphatic heterocycles. The summed E-state index contributed by atoms with van der Waals surface area (Å²) in [6.07, 6.45) is 0. The van der Waals surface area contributed by atoms with Crippen LogP contribution in [-0.4, -0.2) is 24.0 Å². The van der Waals surface area contributed by atoms with Gasteiger partial charge in [-0.05, 0) is 22.3 Å². The molecule has 0 amide bonds. The van der Waals surface area contributed by atoms with Crippen LogP contribution in [-0.2, 0) is 15.5 Å². The Kier molecular flexibility index (Phi) is 6.57. The molecule has 0 aliphatic rings. The van der Waals surface area contributed by atoms with Crippen molar-refractivity contribution >= 4 is 7.32 Å². The summed E-state index contributed by atoms with van der Waals surface area (Å²) in [5.74, 6) is 0. The third-order valence-electron chi connectivity index (χ3n) is 6.54. The van der Waals surface area contributed by atoms with Crippen molar-refractivity contribution in [2.45, 2.75) is 17.8 Å². The van der Waals surface area contributed by atoms with Crippen molar-refractivity contribution in [2.24, 2.45) is 0 Å². The summed E-state index contributed by atoms with van der Waals surface area (Å²) in [5.41, 5.74) is 2.91. The zero-order valence-electron chi connectivity index (χ0n) is 18.1. The van der Waals surface area contributed by atoms with Crippen molar-refractivity contribution in [1.82, 2.24) is 0 Å². The second kappa shape index (κ2) is 9.53. The molecule has 0 aromatic heterocycles. The largest absolute Gasteiger partial charge is 0.633 e. The first-order chi connectivity index (χ1) is 15.6. The van der Waals surface area contributed by atoms with E-state index in [4.69, 9.17) is 4.65 Å². The highest BCUT2D eigenvalue weighted by Gasteiger charge is 2.53. The van der Waals surface area contributed by atoms with Crippen LogP contribution in [0.3, 0.4) is 0 Å². The normalized spacial score (nSPS) is 11.8. The molecular formula is C28H27BO3. The molecule has 3 nitrogen and oxygen atoms in total. The Labute approximate surface area is 190 Å². The summed E-state index contributed by atoms with van der Waals surface area (Å²) in [7, 11) is -1.88. The predicted molar refractivity (Wildman–Crippen MR) is 129 cm³/mol. The third kappa shape index (κ3) is 3.89. The van der Waals surface area contributed by atoms with Crippen molar-refractivity contribution in [1.29, 1.82) is 0 Å². The van der Waals surface area contributed by atoms with Gasteiger partial charge in [0.15, 0.2) is 0 Å². The molecule has 32 heavy (non-hydrogen) atoms. The van der Waals surface area contributed by atoms with Crippen LogP contribution >= 0.6 is 0 Å². The van der Waals surface area contributed by atoms with Gasteiger partial charge in [0.05, 0.1) is 5.41 Å². The van der Waals surface area contributed by atoms with E-state index < -0.39 is 18.2 Å². The lowest BCUT2D eigenvalue weighted by Crippen LogP contribution is -2.53. The van der Waals surface area contributed by atoms with Gasteiger partial charge in [-0.3, -0.25) is 0 Å². The van der Waals surface area contributed by atoms with Gasteiger partial charge in [0.25, 0.3) is 0 Å². The van der Waals surface area contributed by atoms with E-state index in [9.17, 15) is 10.0 Å². The Balaban J connectivity index is 2.13. The van der Waals surface area contributed by atoms with E-state index in [2.05, 4.69) is 55.5 Å². The third-order valence-corrected chi connectivity index (χ3v) is 6.54. The molecule has 0 saturated heterocycles. The lowest BCUT2D eigenvalue weighted by Gasteiger charge is -2.50. The van der Waals surface area contributed by atoms with E-state index in [-0.39, 0.29) is 6.61 Å². The minimum Gasteiger partial charge on any atom is -0.402 e. The maximum absolute atomic E-state index is 9.75. The maximum atomic E-state index is 9.75. The summed E-state index contributed by atoms with van der Waals surface area (Å²) in [4.78, 5) is 0.